The molecule has 0 bridgehead atoms. The molecule has 0 amide bonds. The van der Waals surface area contributed by atoms with Gasteiger partial charge in [0, 0.05) is 0 Å². The predicted molar refractivity (Wildman–Crippen MR) is 108 cm³/mol. The molecule has 1 N–H and O–H groups in total. The Labute approximate surface area is 155 Å². The molecule has 138 valence electrons. The summed E-state index contributed by atoms with van der Waals surface area (Å²) in [6, 6.07) is 2.04. The van der Waals surface area contributed by atoms with Gasteiger partial charge in [-0.1, -0.05) is 0 Å². The molecule has 2 aromatic rings. The Morgan fingerprint density at radius 3 is 2.12 bits per heavy atom. The molecule has 2 aromatic heterocycles. The number of fused-ring (bicyclic) bond motifs is 1. The molecule has 0 aromatic carbocycles. The first-order chi connectivity index (χ1) is 12.1. The molecule has 0 aliphatic heterocycles. The first-order valence-electron chi connectivity index (χ1n) is 9.78. The van der Waals surface area contributed by atoms with Crippen LogP contribution in [0.1, 0.15) is 59.3 Å². The summed E-state index contributed by atoms with van der Waals surface area (Å²) in [7, 11) is 0. The Morgan fingerprint density at radius 2 is 1.64 bits per heavy atom. The number of aromatic nitrogens is 2. The molecular formula is C20H32N2O2Sn. The fraction of sp³-hybridized carbons (Fsp3) is 0.600. The number of nitrogens with zero attached hydrogens (tertiary/aromatic N) is 2. The molecular weight excluding hydrogens is 419 g/mol. The van der Waals surface area contributed by atoms with E-state index in [9.17, 15) is 9.90 Å². The zero-order valence-corrected chi connectivity index (χ0v) is 18.8. The Bertz CT molecular complexity index is 674. The van der Waals surface area contributed by atoms with Gasteiger partial charge in [0.05, 0.1) is 0 Å². The molecule has 0 aliphatic rings. The van der Waals surface area contributed by atoms with Gasteiger partial charge in [0.1, 0.15) is 0 Å². The average Bonchev–Trinajstić information content (AvgIpc) is 3.02. The second-order valence-electron chi connectivity index (χ2n) is 7.18. The van der Waals surface area contributed by atoms with Gasteiger partial charge in [-0.3, -0.25) is 0 Å². The summed E-state index contributed by atoms with van der Waals surface area (Å²) in [5.41, 5.74) is 0.760. The molecule has 0 fully saturated rings. The number of unbranched alkanes of at least 4 members (excludes halogenated alkanes) is 3. The van der Waals surface area contributed by atoms with Crippen molar-refractivity contribution < 1.29 is 9.90 Å². The minimum absolute atomic E-state index is 0.760. The monoisotopic (exact) mass is 452 g/mol. The van der Waals surface area contributed by atoms with Gasteiger partial charge in [-0.05, 0) is 0 Å². The number of hydrogen-bond acceptors (Lipinski definition) is 2. The van der Waals surface area contributed by atoms with Gasteiger partial charge in [0.2, 0.25) is 0 Å². The fourth-order valence-corrected chi connectivity index (χ4v) is 20.6. The van der Waals surface area contributed by atoms with Gasteiger partial charge in [-0.25, -0.2) is 0 Å². The zero-order valence-electron chi connectivity index (χ0n) is 15.9. The summed E-state index contributed by atoms with van der Waals surface area (Å²) >= 11 is -2.66. The van der Waals surface area contributed by atoms with Crippen molar-refractivity contribution >= 4 is 39.0 Å². The molecule has 2 rings (SSSR count). The topological polar surface area (TPSA) is 55.1 Å². The third-order valence-electron chi connectivity index (χ3n) is 5.41. The molecule has 0 spiro atoms. The second-order valence-corrected chi connectivity index (χ2v) is 20.3. The number of rotatable bonds is 10. The van der Waals surface area contributed by atoms with Crippen molar-refractivity contribution in [2.24, 2.45) is 0 Å². The molecule has 5 heteroatoms. The first-order valence-corrected chi connectivity index (χ1v) is 17.3. The minimum atomic E-state index is -2.66. The Hall–Kier alpha value is -1.04. The van der Waals surface area contributed by atoms with Gasteiger partial charge >= 0.3 is 156 Å². The van der Waals surface area contributed by atoms with Crippen molar-refractivity contribution in [2.45, 2.75) is 72.6 Å². The summed E-state index contributed by atoms with van der Waals surface area (Å²) in [5, 5.41) is 10.8. The van der Waals surface area contributed by atoms with E-state index in [1.165, 1.54) is 60.0 Å². The third-order valence-corrected chi connectivity index (χ3v) is 21.0. The average molecular weight is 451 g/mol. The van der Waals surface area contributed by atoms with Crippen LogP contribution in [0.15, 0.2) is 24.7 Å². The van der Waals surface area contributed by atoms with Crippen molar-refractivity contribution in [3.8, 4) is 0 Å². The van der Waals surface area contributed by atoms with Gasteiger partial charge < -0.3 is 0 Å². The van der Waals surface area contributed by atoms with E-state index in [0.29, 0.717) is 0 Å². The molecule has 0 unspecified atom stereocenters. The summed E-state index contributed by atoms with van der Waals surface area (Å²) in [5.74, 6) is 0. The molecule has 2 heterocycles. The van der Waals surface area contributed by atoms with E-state index in [1.807, 2.05) is 18.5 Å². The van der Waals surface area contributed by atoms with E-state index in [1.54, 1.807) is 6.20 Å². The normalized spacial score (nSPS) is 12.0. The Kier molecular flexibility index (Phi) is 7.78. The van der Waals surface area contributed by atoms with Gasteiger partial charge in [0.25, 0.3) is 0 Å². The third kappa shape index (κ3) is 4.57. The van der Waals surface area contributed by atoms with Gasteiger partial charge in [0.15, 0.2) is 0 Å². The van der Waals surface area contributed by atoms with Crippen LogP contribution >= 0.6 is 0 Å². The molecule has 4 nitrogen and oxygen atoms in total. The van der Waals surface area contributed by atoms with Gasteiger partial charge in [-0.2, -0.15) is 0 Å². The predicted octanol–water partition coefficient (Wildman–Crippen LogP) is 5.62. The summed E-state index contributed by atoms with van der Waals surface area (Å²) in [6.07, 6.45) is 12.1. The summed E-state index contributed by atoms with van der Waals surface area (Å²) < 4.78 is 6.85. The van der Waals surface area contributed by atoms with E-state index < -0.39 is 24.5 Å². The van der Waals surface area contributed by atoms with Crippen LogP contribution in [0.5, 0.6) is 0 Å². The van der Waals surface area contributed by atoms with Crippen molar-refractivity contribution in [1.29, 1.82) is 0 Å². The van der Waals surface area contributed by atoms with Crippen molar-refractivity contribution in [3.05, 3.63) is 24.7 Å². The molecule has 0 atom stereocenters. The van der Waals surface area contributed by atoms with Crippen LogP contribution in [0.25, 0.3) is 10.9 Å². The SMILES string of the molecule is CCC[CH2][Sn]([CH2]CCC)([CH2]CCC)[c]1cn(C(=O)O)c2cnccc12. The van der Waals surface area contributed by atoms with Crippen LogP contribution in [0.3, 0.4) is 0 Å². The van der Waals surface area contributed by atoms with Crippen LogP contribution in [-0.2, 0) is 0 Å². The summed E-state index contributed by atoms with van der Waals surface area (Å²) in [6.45, 7) is 6.79. The quantitative estimate of drug-likeness (QED) is 0.478. The maximum atomic E-state index is 11.8. The molecule has 0 aliphatic carbocycles. The first kappa shape index (κ1) is 20.3. The zero-order chi connectivity index (χ0) is 18.3. The fourth-order valence-electron chi connectivity index (χ4n) is 3.98. The Morgan fingerprint density at radius 1 is 1.08 bits per heavy atom. The molecule has 0 radical (unpaired) electrons. The van der Waals surface area contributed by atoms with Crippen molar-refractivity contribution in [2.75, 3.05) is 0 Å². The Balaban J connectivity index is 2.61. The molecule has 0 saturated carbocycles. The van der Waals surface area contributed by atoms with Crippen molar-refractivity contribution in [3.63, 3.8) is 0 Å². The van der Waals surface area contributed by atoms with E-state index in [0.717, 1.165) is 10.9 Å². The van der Waals surface area contributed by atoms with Crippen LogP contribution in [0, 0.1) is 0 Å². The van der Waals surface area contributed by atoms with Gasteiger partial charge in [-0.15, -0.1) is 0 Å². The van der Waals surface area contributed by atoms with E-state index in [-0.39, 0.29) is 0 Å². The number of pyridine rings is 1. The van der Waals surface area contributed by atoms with E-state index in [2.05, 4.69) is 25.8 Å². The molecule has 25 heavy (non-hydrogen) atoms. The van der Waals surface area contributed by atoms with Crippen LogP contribution in [0.4, 0.5) is 4.79 Å². The standard InChI is InChI=1S/C8H5N2O2.3C4H9.Sn/c11-8(12)10-4-2-6-1-3-9-5-7(6)10;3*1-3-4-2;/h1,3-5H,(H,11,12);3*1,3-4H2,2H3;. The maximum absolute atomic E-state index is 11.8. The van der Waals surface area contributed by atoms with E-state index in [4.69, 9.17) is 0 Å². The summed E-state index contributed by atoms with van der Waals surface area (Å²) in [4.78, 5) is 15.9. The number of hydrogen-bond donors (Lipinski definition) is 1. The number of carbonyl (C=O) groups is 1. The number of carboxylic acid groups (broad SMARTS) is 1. The van der Waals surface area contributed by atoms with Crippen molar-refractivity contribution in [1.82, 2.24) is 9.55 Å². The molecule has 0 saturated heterocycles. The van der Waals surface area contributed by atoms with E-state index >= 15 is 0 Å². The van der Waals surface area contributed by atoms with Crippen LogP contribution < -0.4 is 3.58 Å². The second kappa shape index (κ2) is 9.60. The van der Waals surface area contributed by atoms with Crippen LogP contribution in [-0.4, -0.2) is 39.1 Å². The van der Waals surface area contributed by atoms with Crippen LogP contribution in [0.2, 0.25) is 13.3 Å².